The highest BCUT2D eigenvalue weighted by Crippen LogP contribution is 2.29. The molecule has 1 unspecified atom stereocenters. The number of urea groups is 1. The second-order valence-corrected chi connectivity index (χ2v) is 7.36. The number of rotatable bonds is 6. The number of carbonyl (C=O) groups is 2. The number of hydrogen-bond acceptors (Lipinski definition) is 3. The maximum Gasteiger partial charge on any atom is 0.315 e. The molecule has 0 bridgehead atoms. The number of hydrogen-bond donors (Lipinski definition) is 3. The Hall–Kier alpha value is -2.08. The molecule has 1 saturated carbocycles. The largest absolute Gasteiger partial charge is 0.348 e. The molecule has 136 valence electrons. The molecule has 3 N–H and O–H groups in total. The Morgan fingerprint density at radius 1 is 1.16 bits per heavy atom. The molecule has 2 fully saturated rings. The van der Waals surface area contributed by atoms with Gasteiger partial charge < -0.3 is 16.0 Å². The molecule has 3 rings (SSSR count). The lowest BCUT2D eigenvalue weighted by Gasteiger charge is -2.16. The molecule has 2 aliphatic rings. The highest BCUT2D eigenvalue weighted by Gasteiger charge is 2.34. The fraction of sp³-hybridized carbons (Fsp3) is 0.579. The first kappa shape index (κ1) is 17.7. The van der Waals surface area contributed by atoms with E-state index in [1.54, 1.807) is 0 Å². The first-order valence-electron chi connectivity index (χ1n) is 9.19. The summed E-state index contributed by atoms with van der Waals surface area (Å²) < 4.78 is 0. The van der Waals surface area contributed by atoms with Crippen LogP contribution in [0, 0.1) is 0 Å². The van der Waals surface area contributed by atoms with Gasteiger partial charge in [0.05, 0.1) is 0 Å². The van der Waals surface area contributed by atoms with Crippen molar-refractivity contribution < 1.29 is 9.59 Å². The highest BCUT2D eigenvalue weighted by atomic mass is 16.2. The smallest absolute Gasteiger partial charge is 0.315 e. The predicted molar refractivity (Wildman–Crippen MR) is 97.4 cm³/mol. The standard InChI is InChI=1S/C19H28N4O2/c1-13(2)21-19(25)20-11-14-3-5-15(6-4-14)18(24)22-16-9-10-23(12-16)17-7-8-17/h3-6,13,16-17H,7-12H2,1-2H3,(H,22,24)(H2,20,21,25). The first-order valence-corrected chi connectivity index (χ1v) is 9.19. The number of amides is 3. The van der Waals surface area contributed by atoms with E-state index in [0.717, 1.165) is 31.1 Å². The zero-order valence-electron chi connectivity index (χ0n) is 15.0. The zero-order valence-corrected chi connectivity index (χ0v) is 15.0. The van der Waals surface area contributed by atoms with Crippen molar-refractivity contribution in [3.8, 4) is 0 Å². The molecule has 0 spiro atoms. The lowest BCUT2D eigenvalue weighted by molar-refractivity contribution is 0.0937. The molecule has 25 heavy (non-hydrogen) atoms. The monoisotopic (exact) mass is 344 g/mol. The van der Waals surface area contributed by atoms with Gasteiger partial charge in [0.25, 0.3) is 5.91 Å². The zero-order chi connectivity index (χ0) is 17.8. The third-order valence-electron chi connectivity index (χ3n) is 4.71. The van der Waals surface area contributed by atoms with Crippen LogP contribution in [0.1, 0.15) is 49.0 Å². The van der Waals surface area contributed by atoms with Crippen LogP contribution < -0.4 is 16.0 Å². The van der Waals surface area contributed by atoms with Gasteiger partial charge in [0, 0.05) is 43.3 Å². The summed E-state index contributed by atoms with van der Waals surface area (Å²) in [5.74, 6) is -0.0142. The van der Waals surface area contributed by atoms with E-state index in [1.165, 1.54) is 12.8 Å². The lowest BCUT2D eigenvalue weighted by Crippen LogP contribution is -2.39. The fourth-order valence-electron chi connectivity index (χ4n) is 3.21. The molecule has 0 aromatic heterocycles. The quantitative estimate of drug-likeness (QED) is 0.737. The van der Waals surface area contributed by atoms with Crippen LogP contribution in [0.25, 0.3) is 0 Å². The van der Waals surface area contributed by atoms with Crippen molar-refractivity contribution in [2.45, 2.75) is 57.8 Å². The van der Waals surface area contributed by atoms with Crippen molar-refractivity contribution in [3.63, 3.8) is 0 Å². The minimum Gasteiger partial charge on any atom is -0.348 e. The van der Waals surface area contributed by atoms with Gasteiger partial charge in [-0.05, 0) is 50.8 Å². The number of nitrogens with zero attached hydrogens (tertiary/aromatic N) is 1. The van der Waals surface area contributed by atoms with Crippen molar-refractivity contribution in [1.29, 1.82) is 0 Å². The van der Waals surface area contributed by atoms with Gasteiger partial charge in [-0.3, -0.25) is 9.69 Å². The van der Waals surface area contributed by atoms with Crippen LogP contribution in [0.5, 0.6) is 0 Å². The predicted octanol–water partition coefficient (Wildman–Crippen LogP) is 1.86. The Morgan fingerprint density at radius 3 is 2.52 bits per heavy atom. The van der Waals surface area contributed by atoms with E-state index in [0.29, 0.717) is 12.1 Å². The van der Waals surface area contributed by atoms with Crippen LogP contribution in [-0.4, -0.2) is 48.1 Å². The Kier molecular flexibility index (Phi) is 5.58. The minimum absolute atomic E-state index is 0.0142. The van der Waals surface area contributed by atoms with Crippen LogP contribution in [0.15, 0.2) is 24.3 Å². The third kappa shape index (κ3) is 5.19. The summed E-state index contributed by atoms with van der Waals surface area (Å²) in [6.45, 7) is 6.35. The van der Waals surface area contributed by atoms with E-state index in [9.17, 15) is 9.59 Å². The lowest BCUT2D eigenvalue weighted by atomic mass is 10.1. The second-order valence-electron chi connectivity index (χ2n) is 7.36. The van der Waals surface area contributed by atoms with E-state index in [1.807, 2.05) is 38.1 Å². The van der Waals surface area contributed by atoms with Crippen molar-refractivity contribution >= 4 is 11.9 Å². The van der Waals surface area contributed by atoms with Crippen LogP contribution in [0.3, 0.4) is 0 Å². The minimum atomic E-state index is -0.182. The summed E-state index contributed by atoms with van der Waals surface area (Å²) in [4.78, 5) is 26.5. The van der Waals surface area contributed by atoms with Gasteiger partial charge >= 0.3 is 6.03 Å². The Morgan fingerprint density at radius 2 is 1.88 bits per heavy atom. The number of carbonyl (C=O) groups excluding carboxylic acids is 2. The Labute approximate surface area is 149 Å². The van der Waals surface area contributed by atoms with Gasteiger partial charge in [-0.15, -0.1) is 0 Å². The molecule has 1 saturated heterocycles. The molecule has 6 heteroatoms. The molecule has 1 heterocycles. The average Bonchev–Trinajstić information content (AvgIpc) is 3.33. The molecule has 0 radical (unpaired) electrons. The average molecular weight is 344 g/mol. The van der Waals surface area contributed by atoms with Crippen molar-refractivity contribution in [2.24, 2.45) is 0 Å². The molecule has 1 aromatic carbocycles. The maximum absolute atomic E-state index is 12.4. The summed E-state index contributed by atoms with van der Waals surface area (Å²) in [6, 6.07) is 8.36. The van der Waals surface area contributed by atoms with Crippen molar-refractivity contribution in [1.82, 2.24) is 20.9 Å². The van der Waals surface area contributed by atoms with Crippen LogP contribution in [-0.2, 0) is 6.54 Å². The van der Waals surface area contributed by atoms with Gasteiger partial charge in [0.2, 0.25) is 0 Å². The summed E-state index contributed by atoms with van der Waals surface area (Å²) in [5, 5.41) is 8.72. The summed E-state index contributed by atoms with van der Waals surface area (Å²) >= 11 is 0. The topological polar surface area (TPSA) is 73.5 Å². The number of likely N-dealkylation sites (tertiary alicyclic amines) is 1. The molecular formula is C19H28N4O2. The van der Waals surface area contributed by atoms with E-state index in [2.05, 4.69) is 20.9 Å². The van der Waals surface area contributed by atoms with Crippen LogP contribution in [0.2, 0.25) is 0 Å². The SMILES string of the molecule is CC(C)NC(=O)NCc1ccc(C(=O)NC2CCN(C3CC3)C2)cc1. The maximum atomic E-state index is 12.4. The Bertz CT molecular complexity index is 610. The number of benzene rings is 1. The van der Waals surface area contributed by atoms with E-state index < -0.39 is 0 Å². The summed E-state index contributed by atoms with van der Waals surface area (Å²) in [6.07, 6.45) is 3.66. The van der Waals surface area contributed by atoms with Crippen molar-refractivity contribution in [2.75, 3.05) is 13.1 Å². The molecular weight excluding hydrogens is 316 g/mol. The van der Waals surface area contributed by atoms with Gasteiger partial charge in [0.1, 0.15) is 0 Å². The molecule has 6 nitrogen and oxygen atoms in total. The van der Waals surface area contributed by atoms with Crippen molar-refractivity contribution in [3.05, 3.63) is 35.4 Å². The second kappa shape index (κ2) is 7.87. The van der Waals surface area contributed by atoms with E-state index >= 15 is 0 Å². The highest BCUT2D eigenvalue weighted by molar-refractivity contribution is 5.94. The molecule has 1 aliphatic heterocycles. The molecule has 3 amide bonds. The van der Waals surface area contributed by atoms with E-state index in [4.69, 9.17) is 0 Å². The van der Waals surface area contributed by atoms with Gasteiger partial charge in [-0.2, -0.15) is 0 Å². The normalized spacial score (nSPS) is 20.5. The fourth-order valence-corrected chi connectivity index (χ4v) is 3.21. The summed E-state index contributed by atoms with van der Waals surface area (Å²) in [5.41, 5.74) is 1.64. The summed E-state index contributed by atoms with van der Waals surface area (Å²) in [7, 11) is 0. The van der Waals surface area contributed by atoms with Gasteiger partial charge in [0.15, 0.2) is 0 Å². The van der Waals surface area contributed by atoms with Gasteiger partial charge in [-0.1, -0.05) is 12.1 Å². The van der Waals surface area contributed by atoms with E-state index in [-0.39, 0.29) is 24.0 Å². The van der Waals surface area contributed by atoms with Crippen LogP contribution >= 0.6 is 0 Å². The van der Waals surface area contributed by atoms with Crippen LogP contribution in [0.4, 0.5) is 4.79 Å². The molecule has 1 aromatic rings. The molecule has 1 atom stereocenters. The number of nitrogens with one attached hydrogen (secondary N) is 3. The first-order chi connectivity index (χ1) is 12.0. The third-order valence-corrected chi connectivity index (χ3v) is 4.71. The Balaban J connectivity index is 1.45. The molecule has 1 aliphatic carbocycles. The van der Waals surface area contributed by atoms with Gasteiger partial charge in [-0.25, -0.2) is 4.79 Å².